The first-order chi connectivity index (χ1) is 8.15. The Kier molecular flexibility index (Phi) is 6.01. The Morgan fingerprint density at radius 3 is 2.59 bits per heavy atom. The topological polar surface area (TPSA) is 61.7 Å². The van der Waals surface area contributed by atoms with E-state index in [1.54, 1.807) is 0 Å². The van der Waals surface area contributed by atoms with Gasteiger partial charge in [0.05, 0.1) is 0 Å². The number of aliphatic carboxylic acids is 1. The first-order valence-electron chi connectivity index (χ1n) is 6.69. The average Bonchev–Trinajstić information content (AvgIpc) is 2.30. The summed E-state index contributed by atoms with van der Waals surface area (Å²) >= 11 is 0. The van der Waals surface area contributed by atoms with E-state index < -0.39 is 12.0 Å². The highest BCUT2D eigenvalue weighted by atomic mass is 16.4. The van der Waals surface area contributed by atoms with Crippen molar-refractivity contribution in [3.05, 3.63) is 0 Å². The summed E-state index contributed by atoms with van der Waals surface area (Å²) in [5.41, 5.74) is 3.99. The van der Waals surface area contributed by atoms with Crippen LogP contribution in [-0.2, 0) is 4.79 Å². The molecular weight excluding hydrogens is 216 g/mol. The van der Waals surface area contributed by atoms with E-state index in [1.807, 2.05) is 6.92 Å². The van der Waals surface area contributed by atoms with E-state index >= 15 is 0 Å². The second-order valence-corrected chi connectivity index (χ2v) is 4.95. The third kappa shape index (κ3) is 4.75. The molecule has 0 heterocycles. The summed E-state index contributed by atoms with van der Waals surface area (Å²) in [5, 5.41) is 13.5. The summed E-state index contributed by atoms with van der Waals surface area (Å²) in [6, 6.07) is -0.552. The lowest BCUT2D eigenvalue weighted by molar-refractivity contribution is -0.140. The van der Waals surface area contributed by atoms with Crippen LogP contribution in [-0.4, -0.2) is 22.8 Å². The van der Waals surface area contributed by atoms with Crippen molar-refractivity contribution in [2.75, 3.05) is 0 Å². The lowest BCUT2D eigenvalue weighted by Gasteiger charge is -2.20. The second kappa shape index (κ2) is 7.30. The number of hydrazone groups is 1. The van der Waals surface area contributed by atoms with E-state index in [-0.39, 0.29) is 5.92 Å². The van der Waals surface area contributed by atoms with Gasteiger partial charge in [0.1, 0.15) is 6.04 Å². The molecule has 0 spiro atoms. The summed E-state index contributed by atoms with van der Waals surface area (Å²) in [6.07, 6.45) is 7.58. The standard InChI is InChI=1S/C13H24N2O2/c1-3-7-10(2)12(13(16)17)15-14-11-8-5-4-6-9-11/h10,12,15H,3-9H2,1-2H3,(H,16,17). The lowest BCUT2D eigenvalue weighted by atomic mass is 9.97. The molecule has 0 aliphatic heterocycles. The first-order valence-corrected chi connectivity index (χ1v) is 6.69. The zero-order valence-corrected chi connectivity index (χ0v) is 10.9. The Hall–Kier alpha value is -1.06. The Bertz CT molecular complexity index is 269. The van der Waals surface area contributed by atoms with E-state index in [9.17, 15) is 4.79 Å². The van der Waals surface area contributed by atoms with E-state index in [2.05, 4.69) is 17.5 Å². The molecule has 0 amide bonds. The van der Waals surface area contributed by atoms with Crippen molar-refractivity contribution < 1.29 is 9.90 Å². The van der Waals surface area contributed by atoms with Gasteiger partial charge in [0.15, 0.2) is 0 Å². The normalized spacial score (nSPS) is 19.5. The quantitative estimate of drug-likeness (QED) is 0.702. The first kappa shape index (κ1) is 14.0. The molecule has 1 rings (SSSR count). The fourth-order valence-electron chi connectivity index (χ4n) is 2.28. The van der Waals surface area contributed by atoms with E-state index in [0.717, 1.165) is 31.4 Å². The van der Waals surface area contributed by atoms with E-state index in [0.29, 0.717) is 0 Å². The van der Waals surface area contributed by atoms with Crippen molar-refractivity contribution >= 4 is 11.7 Å². The van der Waals surface area contributed by atoms with Gasteiger partial charge in [-0.2, -0.15) is 5.10 Å². The van der Waals surface area contributed by atoms with Crippen LogP contribution < -0.4 is 5.43 Å². The molecule has 1 saturated carbocycles. The van der Waals surface area contributed by atoms with Crippen molar-refractivity contribution in [3.63, 3.8) is 0 Å². The summed E-state index contributed by atoms with van der Waals surface area (Å²) in [4.78, 5) is 11.2. The Balaban J connectivity index is 2.51. The van der Waals surface area contributed by atoms with Crippen LogP contribution in [0.15, 0.2) is 5.10 Å². The molecule has 4 heteroatoms. The van der Waals surface area contributed by atoms with Gasteiger partial charge >= 0.3 is 5.97 Å². The third-order valence-electron chi connectivity index (χ3n) is 3.37. The van der Waals surface area contributed by atoms with Crippen LogP contribution in [0, 0.1) is 5.92 Å². The number of hydrogen-bond acceptors (Lipinski definition) is 3. The molecule has 0 aromatic carbocycles. The molecule has 4 nitrogen and oxygen atoms in total. The Labute approximate surface area is 103 Å². The highest BCUT2D eigenvalue weighted by Gasteiger charge is 2.23. The molecule has 2 unspecified atom stereocenters. The fraction of sp³-hybridized carbons (Fsp3) is 0.846. The van der Waals surface area contributed by atoms with Crippen LogP contribution in [0.3, 0.4) is 0 Å². The predicted octanol–water partition coefficient (Wildman–Crippen LogP) is 2.79. The minimum Gasteiger partial charge on any atom is -0.480 e. The van der Waals surface area contributed by atoms with Crippen molar-refractivity contribution in [1.82, 2.24) is 5.43 Å². The molecule has 0 radical (unpaired) electrons. The van der Waals surface area contributed by atoms with E-state index in [4.69, 9.17) is 5.11 Å². The van der Waals surface area contributed by atoms with Crippen LogP contribution in [0.4, 0.5) is 0 Å². The second-order valence-electron chi connectivity index (χ2n) is 4.95. The van der Waals surface area contributed by atoms with Crippen LogP contribution in [0.5, 0.6) is 0 Å². The summed E-state index contributed by atoms with van der Waals surface area (Å²) in [6.45, 7) is 4.04. The minimum absolute atomic E-state index is 0.116. The van der Waals surface area contributed by atoms with Crippen LogP contribution in [0.2, 0.25) is 0 Å². The molecule has 2 N–H and O–H groups in total. The molecule has 1 aliphatic carbocycles. The van der Waals surface area contributed by atoms with Gasteiger partial charge in [-0.05, 0) is 38.0 Å². The molecule has 0 bridgehead atoms. The number of rotatable bonds is 6. The predicted molar refractivity (Wildman–Crippen MR) is 69.2 cm³/mol. The molecule has 17 heavy (non-hydrogen) atoms. The van der Waals surface area contributed by atoms with Gasteiger partial charge in [0, 0.05) is 5.71 Å². The smallest absolute Gasteiger partial charge is 0.328 e. The van der Waals surface area contributed by atoms with Gasteiger partial charge in [-0.3, -0.25) is 5.43 Å². The zero-order valence-electron chi connectivity index (χ0n) is 10.9. The summed E-state index contributed by atoms with van der Waals surface area (Å²) in [7, 11) is 0. The van der Waals surface area contributed by atoms with Gasteiger partial charge in [-0.1, -0.05) is 26.7 Å². The molecular formula is C13H24N2O2. The molecule has 1 aliphatic rings. The summed E-state index contributed by atoms with van der Waals surface area (Å²) < 4.78 is 0. The van der Waals surface area contributed by atoms with Gasteiger partial charge in [-0.15, -0.1) is 0 Å². The van der Waals surface area contributed by atoms with Crippen molar-refractivity contribution in [1.29, 1.82) is 0 Å². The highest BCUT2D eigenvalue weighted by molar-refractivity contribution is 5.85. The van der Waals surface area contributed by atoms with Crippen LogP contribution in [0.1, 0.15) is 58.8 Å². The molecule has 0 aromatic heterocycles. The maximum atomic E-state index is 11.2. The maximum absolute atomic E-state index is 11.2. The monoisotopic (exact) mass is 240 g/mol. The summed E-state index contributed by atoms with van der Waals surface area (Å²) in [5.74, 6) is -0.684. The van der Waals surface area contributed by atoms with Crippen LogP contribution in [0.25, 0.3) is 0 Å². The van der Waals surface area contributed by atoms with E-state index in [1.165, 1.54) is 19.3 Å². The number of nitrogens with one attached hydrogen (secondary N) is 1. The number of hydrogen-bond donors (Lipinski definition) is 2. The van der Waals surface area contributed by atoms with Crippen molar-refractivity contribution in [2.45, 2.75) is 64.8 Å². The maximum Gasteiger partial charge on any atom is 0.328 e. The SMILES string of the molecule is CCCC(C)C(NN=C1CCCCC1)C(=O)O. The average molecular weight is 240 g/mol. The van der Waals surface area contributed by atoms with Gasteiger partial charge < -0.3 is 5.11 Å². The highest BCUT2D eigenvalue weighted by Crippen LogP contribution is 2.15. The third-order valence-corrected chi connectivity index (χ3v) is 3.37. The largest absolute Gasteiger partial charge is 0.480 e. The van der Waals surface area contributed by atoms with Crippen molar-refractivity contribution in [3.8, 4) is 0 Å². The van der Waals surface area contributed by atoms with Gasteiger partial charge in [0.25, 0.3) is 0 Å². The molecule has 1 fully saturated rings. The van der Waals surface area contributed by atoms with Crippen LogP contribution >= 0.6 is 0 Å². The lowest BCUT2D eigenvalue weighted by Crippen LogP contribution is -2.39. The molecule has 2 atom stereocenters. The number of carbonyl (C=O) groups is 1. The Morgan fingerprint density at radius 2 is 2.06 bits per heavy atom. The molecule has 0 aromatic rings. The number of nitrogens with zero attached hydrogens (tertiary/aromatic N) is 1. The number of carboxylic acid groups (broad SMARTS) is 1. The van der Waals surface area contributed by atoms with Gasteiger partial charge in [0.2, 0.25) is 0 Å². The minimum atomic E-state index is -0.800. The zero-order chi connectivity index (χ0) is 12.7. The Morgan fingerprint density at radius 1 is 1.41 bits per heavy atom. The van der Waals surface area contributed by atoms with Gasteiger partial charge in [-0.25, -0.2) is 4.79 Å². The number of carboxylic acids is 1. The molecule has 98 valence electrons. The molecule has 0 saturated heterocycles. The van der Waals surface area contributed by atoms with Crippen molar-refractivity contribution in [2.24, 2.45) is 11.0 Å². The fourth-order valence-corrected chi connectivity index (χ4v) is 2.28.